The lowest BCUT2D eigenvalue weighted by Crippen LogP contribution is -2.22. The number of hydrogen-bond donors (Lipinski definition) is 1. The van der Waals surface area contributed by atoms with Crippen molar-refractivity contribution in [2.24, 2.45) is 0 Å². The van der Waals surface area contributed by atoms with Gasteiger partial charge in [-0.1, -0.05) is 30.3 Å². The van der Waals surface area contributed by atoms with E-state index in [4.69, 9.17) is 4.52 Å². The lowest BCUT2D eigenvalue weighted by molar-refractivity contribution is -0.119. The Bertz CT molecular complexity index is 861. The number of rotatable bonds is 4. The van der Waals surface area contributed by atoms with Crippen molar-refractivity contribution in [3.63, 3.8) is 0 Å². The number of carbonyl (C=O) groups is 1. The molecule has 7 heteroatoms. The van der Waals surface area contributed by atoms with Crippen molar-refractivity contribution in [3.05, 3.63) is 52.5 Å². The fourth-order valence-corrected chi connectivity index (χ4v) is 3.57. The number of carbonyl (C=O) groups excluding carboxylic acids is 1. The van der Waals surface area contributed by atoms with Crippen LogP contribution in [-0.2, 0) is 22.3 Å². The van der Waals surface area contributed by atoms with Crippen LogP contribution in [0.15, 0.2) is 45.9 Å². The predicted octanol–water partition coefficient (Wildman–Crippen LogP) is 1.74. The normalized spacial score (nSPS) is 17.4. The summed E-state index contributed by atoms with van der Waals surface area (Å²) in [4.78, 5) is 22.9. The molecule has 6 nitrogen and oxygen atoms in total. The van der Waals surface area contributed by atoms with Crippen LogP contribution in [-0.4, -0.2) is 26.4 Å². The van der Waals surface area contributed by atoms with Gasteiger partial charge in [-0.2, -0.15) is 4.74 Å². The van der Waals surface area contributed by atoms with Gasteiger partial charge in [0.2, 0.25) is 5.91 Å². The second-order valence-corrected chi connectivity index (χ2v) is 7.22. The summed E-state index contributed by atoms with van der Waals surface area (Å²) >= 11 is 0. The van der Waals surface area contributed by atoms with E-state index in [1.807, 2.05) is 30.3 Å². The Hall–Kier alpha value is -2.41. The van der Waals surface area contributed by atoms with E-state index >= 15 is 0 Å². The van der Waals surface area contributed by atoms with Crippen LogP contribution in [0.2, 0.25) is 0 Å². The summed E-state index contributed by atoms with van der Waals surface area (Å²) in [6.45, 7) is 1.52. The van der Waals surface area contributed by atoms with Crippen molar-refractivity contribution in [1.82, 2.24) is 10.1 Å². The largest absolute Gasteiger partial charge is 0.365 e. The van der Waals surface area contributed by atoms with Crippen LogP contribution < -0.4 is 10.9 Å². The lowest BCUT2D eigenvalue weighted by Gasteiger charge is -2.13. The van der Waals surface area contributed by atoms with Crippen molar-refractivity contribution < 1.29 is 13.5 Å². The Labute approximate surface area is 141 Å². The summed E-state index contributed by atoms with van der Waals surface area (Å²) in [6, 6.07) is 7.66. The third-order valence-corrected chi connectivity index (χ3v) is 5.06. The fourth-order valence-electron chi connectivity index (χ4n) is 2.57. The molecular formula is C17H18N2O4S. The van der Waals surface area contributed by atoms with Crippen molar-refractivity contribution in [2.45, 2.75) is 20.0 Å². The standard InChI is InChI=1S/C17H18N2O4S/c1-12(20)18-11-19-10-16(17(21)23-19)15-4-2-13(3-5-15)14-6-8-24(22)9-7-14/h2-6,10H,7-9,11H2,1H3,(H,18,20). The quantitative estimate of drug-likeness (QED) is 0.914. The summed E-state index contributed by atoms with van der Waals surface area (Å²) in [6.07, 6.45) is 4.41. The van der Waals surface area contributed by atoms with Crippen molar-refractivity contribution in [1.29, 1.82) is 0 Å². The predicted molar refractivity (Wildman–Crippen MR) is 92.7 cm³/mol. The Morgan fingerprint density at radius 3 is 2.62 bits per heavy atom. The van der Waals surface area contributed by atoms with Crippen LogP contribution in [0, 0.1) is 0 Å². The number of allylic oxidation sites excluding steroid dienone is 1. The zero-order valence-corrected chi connectivity index (χ0v) is 14.1. The van der Waals surface area contributed by atoms with E-state index in [1.54, 1.807) is 6.20 Å². The molecular weight excluding hydrogens is 328 g/mol. The Morgan fingerprint density at radius 2 is 2.00 bits per heavy atom. The maximum atomic E-state index is 12.0. The minimum Gasteiger partial charge on any atom is -0.336 e. The number of hydrogen-bond acceptors (Lipinski definition) is 4. The number of nitrogens with one attached hydrogen (secondary N) is 1. The van der Waals surface area contributed by atoms with E-state index in [2.05, 4.69) is 5.32 Å². The monoisotopic (exact) mass is 346 g/mol. The first-order valence-corrected chi connectivity index (χ1v) is 9.12. The zero-order chi connectivity index (χ0) is 17.1. The average molecular weight is 346 g/mol. The Kier molecular flexibility index (Phi) is 4.80. The third kappa shape index (κ3) is 3.73. The van der Waals surface area contributed by atoms with Crippen LogP contribution >= 0.6 is 0 Å². The van der Waals surface area contributed by atoms with E-state index < -0.39 is 16.4 Å². The zero-order valence-electron chi connectivity index (χ0n) is 13.3. The third-order valence-electron chi connectivity index (χ3n) is 3.86. The highest BCUT2D eigenvalue weighted by atomic mass is 32.2. The molecule has 1 aromatic carbocycles. The molecule has 1 aliphatic rings. The SMILES string of the molecule is CC(=O)NCn1cc(-c2ccc(C3=CCS(=O)CC3)cc2)c(=O)o1. The van der Waals surface area contributed by atoms with Crippen LogP contribution in [0.1, 0.15) is 18.9 Å². The summed E-state index contributed by atoms with van der Waals surface area (Å²) in [5.41, 5.74) is 3.04. The van der Waals surface area contributed by atoms with E-state index in [0.29, 0.717) is 17.1 Å². The van der Waals surface area contributed by atoms with Gasteiger partial charge >= 0.3 is 5.63 Å². The molecule has 0 spiro atoms. The first-order chi connectivity index (χ1) is 11.5. The molecule has 0 bridgehead atoms. The van der Waals surface area contributed by atoms with Crippen molar-refractivity contribution in [2.75, 3.05) is 11.5 Å². The maximum Gasteiger partial charge on any atom is 0.365 e. The van der Waals surface area contributed by atoms with Gasteiger partial charge in [-0.3, -0.25) is 9.00 Å². The van der Waals surface area contributed by atoms with E-state index in [9.17, 15) is 13.8 Å². The minimum absolute atomic E-state index is 0.118. The molecule has 1 amide bonds. The Morgan fingerprint density at radius 1 is 1.29 bits per heavy atom. The van der Waals surface area contributed by atoms with Gasteiger partial charge in [0.25, 0.3) is 0 Å². The maximum absolute atomic E-state index is 12.0. The van der Waals surface area contributed by atoms with E-state index in [1.165, 1.54) is 17.2 Å². The molecule has 24 heavy (non-hydrogen) atoms. The molecule has 1 atom stereocenters. The first kappa shape index (κ1) is 16.4. The average Bonchev–Trinajstić information content (AvgIpc) is 2.95. The molecule has 1 N–H and O–H groups in total. The molecule has 0 saturated carbocycles. The summed E-state index contributed by atoms with van der Waals surface area (Å²) in [5, 5.41) is 2.57. The molecule has 0 aliphatic carbocycles. The molecule has 0 fully saturated rings. The highest BCUT2D eigenvalue weighted by Crippen LogP contribution is 2.25. The highest BCUT2D eigenvalue weighted by Gasteiger charge is 2.13. The molecule has 1 aromatic heterocycles. The minimum atomic E-state index is -0.737. The second-order valence-electron chi connectivity index (χ2n) is 5.60. The molecule has 1 aliphatic heterocycles. The smallest absolute Gasteiger partial charge is 0.336 e. The topological polar surface area (TPSA) is 81.3 Å². The van der Waals surface area contributed by atoms with E-state index in [0.717, 1.165) is 17.5 Å². The molecule has 126 valence electrons. The molecule has 1 unspecified atom stereocenters. The van der Waals surface area contributed by atoms with E-state index in [-0.39, 0.29) is 12.6 Å². The number of amides is 1. The van der Waals surface area contributed by atoms with Gasteiger partial charge in [-0.25, -0.2) is 4.79 Å². The number of nitrogens with zero attached hydrogens (tertiary/aromatic N) is 1. The molecule has 0 saturated heterocycles. The molecule has 3 rings (SSSR count). The van der Waals surface area contributed by atoms with Crippen LogP contribution in [0.5, 0.6) is 0 Å². The van der Waals surface area contributed by atoms with Gasteiger partial charge in [-0.15, -0.1) is 0 Å². The number of aromatic nitrogens is 1. The number of benzene rings is 1. The van der Waals surface area contributed by atoms with Crippen LogP contribution in [0.25, 0.3) is 16.7 Å². The summed E-state index contributed by atoms with van der Waals surface area (Å²) in [7, 11) is -0.737. The summed E-state index contributed by atoms with van der Waals surface area (Å²) in [5.74, 6) is 1.11. The van der Waals surface area contributed by atoms with Gasteiger partial charge in [-0.05, 0) is 23.1 Å². The second kappa shape index (κ2) is 7.00. The van der Waals surface area contributed by atoms with Gasteiger partial charge in [0, 0.05) is 29.2 Å². The highest BCUT2D eigenvalue weighted by molar-refractivity contribution is 7.85. The van der Waals surface area contributed by atoms with Gasteiger partial charge < -0.3 is 9.84 Å². The lowest BCUT2D eigenvalue weighted by atomic mass is 10.00. The van der Waals surface area contributed by atoms with Crippen molar-refractivity contribution >= 4 is 22.3 Å². The summed E-state index contributed by atoms with van der Waals surface area (Å²) < 4.78 is 17.8. The molecule has 2 aromatic rings. The fraction of sp³-hybridized carbons (Fsp3) is 0.294. The van der Waals surface area contributed by atoms with Crippen molar-refractivity contribution in [3.8, 4) is 11.1 Å². The van der Waals surface area contributed by atoms with Gasteiger partial charge in [0.1, 0.15) is 6.67 Å². The van der Waals surface area contributed by atoms with Crippen LogP contribution in [0.3, 0.4) is 0 Å². The first-order valence-electron chi connectivity index (χ1n) is 7.63. The van der Waals surface area contributed by atoms with Gasteiger partial charge in [0.15, 0.2) is 0 Å². The Balaban J connectivity index is 1.80. The molecule has 2 heterocycles. The van der Waals surface area contributed by atoms with Crippen LogP contribution in [0.4, 0.5) is 0 Å². The molecule has 0 radical (unpaired) electrons. The van der Waals surface area contributed by atoms with Gasteiger partial charge in [0.05, 0.1) is 11.8 Å².